The standard InChI is InChI=1S/C13H23NO/c1-12(2)7-6-10-4-5-11-8-13(10,9-12)14(3)15-11/h10-11H,4-9H2,1-3H3. The molecule has 0 aromatic heterocycles. The molecular weight excluding hydrogens is 186 g/mol. The molecule has 3 atom stereocenters. The fraction of sp³-hybridized carbons (Fsp3) is 1.00. The van der Waals surface area contributed by atoms with E-state index in [1.165, 1.54) is 38.5 Å². The molecule has 1 heterocycles. The Labute approximate surface area is 92.9 Å². The first-order chi connectivity index (χ1) is 7.02. The molecule has 0 N–H and O–H groups in total. The summed E-state index contributed by atoms with van der Waals surface area (Å²) in [4.78, 5) is 5.97. The predicted molar refractivity (Wildman–Crippen MR) is 60.3 cm³/mol. The molecule has 0 amide bonds. The average molecular weight is 209 g/mol. The maximum absolute atomic E-state index is 5.97. The van der Waals surface area contributed by atoms with Crippen LogP contribution in [0, 0.1) is 11.3 Å². The van der Waals surface area contributed by atoms with Crippen LogP contribution in [-0.4, -0.2) is 23.8 Å². The zero-order valence-corrected chi connectivity index (χ0v) is 10.3. The molecule has 2 aliphatic carbocycles. The number of hydroxylamine groups is 2. The zero-order chi connectivity index (χ0) is 10.7. The van der Waals surface area contributed by atoms with Crippen molar-refractivity contribution in [3.05, 3.63) is 0 Å². The molecule has 0 aromatic rings. The summed E-state index contributed by atoms with van der Waals surface area (Å²) in [6.45, 7) is 4.85. The minimum Gasteiger partial charge on any atom is -0.295 e. The van der Waals surface area contributed by atoms with Crippen LogP contribution < -0.4 is 0 Å². The summed E-state index contributed by atoms with van der Waals surface area (Å²) in [6.07, 6.45) is 8.64. The Balaban J connectivity index is 1.93. The Morgan fingerprint density at radius 2 is 2.00 bits per heavy atom. The Morgan fingerprint density at radius 1 is 1.20 bits per heavy atom. The molecule has 1 aliphatic heterocycles. The molecule has 2 heteroatoms. The lowest BCUT2D eigenvalue weighted by Gasteiger charge is -2.51. The van der Waals surface area contributed by atoms with Crippen molar-refractivity contribution < 1.29 is 4.84 Å². The summed E-state index contributed by atoms with van der Waals surface area (Å²) < 4.78 is 0. The van der Waals surface area contributed by atoms with Crippen molar-refractivity contribution in [3.63, 3.8) is 0 Å². The zero-order valence-electron chi connectivity index (χ0n) is 10.3. The van der Waals surface area contributed by atoms with Crippen molar-refractivity contribution >= 4 is 0 Å². The van der Waals surface area contributed by atoms with Crippen LogP contribution in [0.3, 0.4) is 0 Å². The minimum absolute atomic E-state index is 0.394. The molecule has 15 heavy (non-hydrogen) atoms. The Bertz CT molecular complexity index is 276. The number of rotatable bonds is 0. The number of nitrogens with zero attached hydrogens (tertiary/aromatic N) is 1. The number of hydrogen-bond donors (Lipinski definition) is 0. The van der Waals surface area contributed by atoms with Crippen LogP contribution in [-0.2, 0) is 4.84 Å². The maximum Gasteiger partial charge on any atom is 0.0812 e. The first-order valence-electron chi connectivity index (χ1n) is 6.42. The van der Waals surface area contributed by atoms with E-state index >= 15 is 0 Å². The Kier molecular flexibility index (Phi) is 2.01. The van der Waals surface area contributed by atoms with E-state index in [-0.39, 0.29) is 0 Å². The van der Waals surface area contributed by atoms with Gasteiger partial charge in [-0.2, -0.15) is 5.06 Å². The minimum atomic E-state index is 0.394. The van der Waals surface area contributed by atoms with Gasteiger partial charge in [0.05, 0.1) is 11.6 Å². The molecule has 1 spiro atoms. The van der Waals surface area contributed by atoms with Crippen molar-refractivity contribution in [1.29, 1.82) is 0 Å². The molecule has 0 radical (unpaired) electrons. The quantitative estimate of drug-likeness (QED) is 0.608. The smallest absolute Gasteiger partial charge is 0.0812 e. The third kappa shape index (κ3) is 1.38. The van der Waals surface area contributed by atoms with Crippen LogP contribution in [0.1, 0.15) is 52.4 Å². The van der Waals surface area contributed by atoms with Gasteiger partial charge in [0.25, 0.3) is 0 Å². The van der Waals surface area contributed by atoms with Crippen LogP contribution in [0.2, 0.25) is 0 Å². The monoisotopic (exact) mass is 209 g/mol. The largest absolute Gasteiger partial charge is 0.295 e. The highest BCUT2D eigenvalue weighted by Crippen LogP contribution is 2.56. The fourth-order valence-electron chi connectivity index (χ4n) is 4.35. The molecule has 2 nitrogen and oxygen atoms in total. The Hall–Kier alpha value is -0.0800. The van der Waals surface area contributed by atoms with Gasteiger partial charge in [0.1, 0.15) is 0 Å². The van der Waals surface area contributed by atoms with Gasteiger partial charge in [0.15, 0.2) is 0 Å². The van der Waals surface area contributed by atoms with Crippen LogP contribution in [0.15, 0.2) is 0 Å². The first kappa shape index (κ1) is 10.1. The lowest BCUT2D eigenvalue weighted by molar-refractivity contribution is -0.183. The summed E-state index contributed by atoms with van der Waals surface area (Å²) in [5.74, 6) is 0.897. The summed E-state index contributed by atoms with van der Waals surface area (Å²) in [7, 11) is 2.17. The molecule has 3 unspecified atom stereocenters. The van der Waals surface area contributed by atoms with Crippen LogP contribution in [0.25, 0.3) is 0 Å². The van der Waals surface area contributed by atoms with Crippen LogP contribution >= 0.6 is 0 Å². The van der Waals surface area contributed by atoms with Gasteiger partial charge in [0.2, 0.25) is 0 Å². The highest BCUT2D eigenvalue weighted by atomic mass is 16.7. The first-order valence-corrected chi connectivity index (χ1v) is 6.42. The third-order valence-electron chi connectivity index (χ3n) is 5.07. The van der Waals surface area contributed by atoms with Gasteiger partial charge >= 0.3 is 0 Å². The summed E-state index contributed by atoms with van der Waals surface area (Å²) in [6, 6.07) is 0. The van der Waals surface area contributed by atoms with Gasteiger partial charge in [-0.1, -0.05) is 13.8 Å². The van der Waals surface area contributed by atoms with E-state index in [2.05, 4.69) is 26.0 Å². The lowest BCUT2D eigenvalue weighted by atomic mass is 9.58. The van der Waals surface area contributed by atoms with Crippen molar-refractivity contribution in [2.24, 2.45) is 11.3 Å². The third-order valence-corrected chi connectivity index (χ3v) is 5.07. The van der Waals surface area contributed by atoms with Gasteiger partial charge < -0.3 is 0 Å². The predicted octanol–water partition coefficient (Wildman–Crippen LogP) is 2.98. The lowest BCUT2D eigenvalue weighted by Crippen LogP contribution is -2.53. The SMILES string of the molecule is CN1OC2CCC3CCC(C)(C)CC31C2. The van der Waals surface area contributed by atoms with E-state index in [4.69, 9.17) is 4.84 Å². The normalized spacial score (nSPS) is 49.0. The van der Waals surface area contributed by atoms with Crippen molar-refractivity contribution in [3.8, 4) is 0 Å². The van der Waals surface area contributed by atoms with E-state index in [1.54, 1.807) is 0 Å². The summed E-state index contributed by atoms with van der Waals surface area (Å²) in [5.41, 5.74) is 0.908. The Morgan fingerprint density at radius 3 is 2.80 bits per heavy atom. The molecular formula is C13H23NO. The molecule has 2 bridgehead atoms. The van der Waals surface area contributed by atoms with Crippen molar-refractivity contribution in [1.82, 2.24) is 5.06 Å². The molecule has 3 aliphatic rings. The fourth-order valence-corrected chi connectivity index (χ4v) is 4.35. The van der Waals surface area contributed by atoms with E-state index < -0.39 is 0 Å². The molecule has 2 saturated carbocycles. The van der Waals surface area contributed by atoms with Gasteiger partial charge in [-0.3, -0.25) is 4.84 Å². The van der Waals surface area contributed by atoms with Crippen LogP contribution in [0.5, 0.6) is 0 Å². The number of fused-ring (bicyclic) bond motifs is 1. The summed E-state index contributed by atoms with van der Waals surface area (Å²) in [5, 5.41) is 2.23. The maximum atomic E-state index is 5.97. The topological polar surface area (TPSA) is 12.5 Å². The second-order valence-corrected chi connectivity index (χ2v) is 6.69. The van der Waals surface area contributed by atoms with E-state index in [0.717, 1.165) is 5.92 Å². The van der Waals surface area contributed by atoms with Crippen molar-refractivity contribution in [2.45, 2.75) is 64.0 Å². The second-order valence-electron chi connectivity index (χ2n) is 6.69. The van der Waals surface area contributed by atoms with Gasteiger partial charge in [0, 0.05) is 7.05 Å². The van der Waals surface area contributed by atoms with Gasteiger partial charge in [-0.05, 0) is 49.9 Å². The molecule has 1 saturated heterocycles. The highest BCUT2D eigenvalue weighted by molar-refractivity contribution is 5.07. The second kappa shape index (κ2) is 2.98. The van der Waals surface area contributed by atoms with Gasteiger partial charge in [-0.25, -0.2) is 0 Å². The van der Waals surface area contributed by atoms with Gasteiger partial charge in [-0.15, -0.1) is 0 Å². The van der Waals surface area contributed by atoms with E-state index in [1.807, 2.05) is 0 Å². The highest BCUT2D eigenvalue weighted by Gasteiger charge is 2.57. The van der Waals surface area contributed by atoms with Crippen molar-refractivity contribution in [2.75, 3.05) is 7.05 Å². The molecule has 86 valence electrons. The molecule has 0 aromatic carbocycles. The summed E-state index contributed by atoms with van der Waals surface area (Å²) >= 11 is 0. The van der Waals surface area contributed by atoms with Crippen LogP contribution in [0.4, 0.5) is 0 Å². The van der Waals surface area contributed by atoms with E-state index in [0.29, 0.717) is 17.1 Å². The average Bonchev–Trinajstić information content (AvgIpc) is 2.36. The molecule has 3 fully saturated rings. The number of hydrogen-bond acceptors (Lipinski definition) is 2. The molecule has 3 rings (SSSR count). The van der Waals surface area contributed by atoms with E-state index in [9.17, 15) is 0 Å².